The van der Waals surface area contributed by atoms with Gasteiger partial charge in [0.25, 0.3) is 0 Å². The van der Waals surface area contributed by atoms with Crippen LogP contribution in [0.4, 0.5) is 10.8 Å². The highest BCUT2D eigenvalue weighted by molar-refractivity contribution is 8.01. The summed E-state index contributed by atoms with van der Waals surface area (Å²) in [5.74, 6) is -0.351. The topological polar surface area (TPSA) is 137 Å². The van der Waals surface area contributed by atoms with Crippen LogP contribution in [0.15, 0.2) is 22.5 Å². The molecule has 1 aromatic heterocycles. The Hall–Kier alpha value is -2.58. The van der Waals surface area contributed by atoms with Crippen molar-refractivity contribution < 1.29 is 32.2 Å². The molecular weight excluding hydrogens is 468 g/mol. The third kappa shape index (κ3) is 6.45. The standard InChI is InChI=1S/C17H22N4O7S3/c1-10(15(23)18-16-19-20-17(30-16)29-9-14(22)28-4)21(31(5,24)25)12-8-11(26-2)6-7-13(12)27-3/h6-8,10H,9H2,1-5H3,(H,18,19,23). The number of benzene rings is 1. The van der Waals surface area contributed by atoms with E-state index in [9.17, 15) is 18.0 Å². The van der Waals surface area contributed by atoms with Crippen molar-refractivity contribution in [2.75, 3.05) is 43.0 Å². The second-order valence-electron chi connectivity index (χ2n) is 6.00. The van der Waals surface area contributed by atoms with Gasteiger partial charge in [0.2, 0.25) is 21.1 Å². The zero-order chi connectivity index (χ0) is 23.2. The Morgan fingerprint density at radius 1 is 1.23 bits per heavy atom. The predicted octanol–water partition coefficient (Wildman–Crippen LogP) is 1.61. The number of hydrogen-bond donors (Lipinski definition) is 1. The van der Waals surface area contributed by atoms with Gasteiger partial charge in [-0.2, -0.15) is 0 Å². The lowest BCUT2D eigenvalue weighted by Crippen LogP contribution is -2.45. The summed E-state index contributed by atoms with van der Waals surface area (Å²) in [6, 6.07) is 3.48. The molecule has 1 atom stereocenters. The molecular formula is C17H22N4O7S3. The Kier molecular flexibility index (Phi) is 8.47. The molecule has 1 heterocycles. The summed E-state index contributed by atoms with van der Waals surface area (Å²) >= 11 is 2.16. The molecule has 14 heteroatoms. The van der Waals surface area contributed by atoms with Crippen LogP contribution in [0, 0.1) is 0 Å². The van der Waals surface area contributed by atoms with Gasteiger partial charge in [0.15, 0.2) is 4.34 Å². The first-order chi connectivity index (χ1) is 14.6. The van der Waals surface area contributed by atoms with Crippen molar-refractivity contribution in [2.24, 2.45) is 0 Å². The van der Waals surface area contributed by atoms with Crippen molar-refractivity contribution >= 4 is 55.8 Å². The zero-order valence-electron chi connectivity index (χ0n) is 17.4. The maximum Gasteiger partial charge on any atom is 0.316 e. The van der Waals surface area contributed by atoms with Crippen LogP contribution in [0.1, 0.15) is 6.92 Å². The number of ether oxygens (including phenoxy) is 3. The van der Waals surface area contributed by atoms with Crippen molar-refractivity contribution in [1.29, 1.82) is 0 Å². The van der Waals surface area contributed by atoms with E-state index in [2.05, 4.69) is 20.3 Å². The molecule has 0 saturated heterocycles. The van der Waals surface area contributed by atoms with Gasteiger partial charge >= 0.3 is 5.97 Å². The molecule has 1 aromatic carbocycles. The van der Waals surface area contributed by atoms with Gasteiger partial charge in [-0.25, -0.2) is 8.42 Å². The van der Waals surface area contributed by atoms with E-state index in [4.69, 9.17) is 9.47 Å². The molecule has 2 rings (SSSR count). The largest absolute Gasteiger partial charge is 0.497 e. The van der Waals surface area contributed by atoms with E-state index >= 15 is 0 Å². The van der Waals surface area contributed by atoms with Crippen molar-refractivity contribution in [3.63, 3.8) is 0 Å². The average molecular weight is 491 g/mol. The molecule has 2 aromatic rings. The van der Waals surface area contributed by atoms with E-state index < -0.39 is 27.9 Å². The number of sulfonamides is 1. The first-order valence-corrected chi connectivity index (χ1v) is 12.3. The zero-order valence-corrected chi connectivity index (χ0v) is 19.9. The lowest BCUT2D eigenvalue weighted by molar-refractivity contribution is -0.137. The van der Waals surface area contributed by atoms with Gasteiger partial charge in [-0.1, -0.05) is 23.1 Å². The molecule has 31 heavy (non-hydrogen) atoms. The summed E-state index contributed by atoms with van der Waals surface area (Å²) in [4.78, 5) is 24.0. The first kappa shape index (κ1) is 24.7. The first-order valence-electron chi connectivity index (χ1n) is 8.66. The number of rotatable bonds is 10. The molecule has 0 radical (unpaired) electrons. The molecule has 0 bridgehead atoms. The van der Waals surface area contributed by atoms with Gasteiger partial charge < -0.3 is 14.2 Å². The number of hydrogen-bond acceptors (Lipinski definition) is 11. The molecule has 170 valence electrons. The number of methoxy groups -OCH3 is 3. The maximum absolute atomic E-state index is 12.8. The van der Waals surface area contributed by atoms with Crippen LogP contribution in [-0.4, -0.2) is 69.9 Å². The molecule has 0 spiro atoms. The minimum absolute atomic E-state index is 0.0486. The van der Waals surface area contributed by atoms with E-state index in [0.717, 1.165) is 33.7 Å². The average Bonchev–Trinajstić information content (AvgIpc) is 3.18. The Morgan fingerprint density at radius 2 is 1.94 bits per heavy atom. The lowest BCUT2D eigenvalue weighted by atomic mass is 10.2. The summed E-state index contributed by atoms with van der Waals surface area (Å²) in [6.45, 7) is 1.43. The molecule has 0 saturated carbocycles. The fourth-order valence-corrected chi connectivity index (χ4v) is 5.22. The van der Waals surface area contributed by atoms with Gasteiger partial charge in [0.1, 0.15) is 17.5 Å². The van der Waals surface area contributed by atoms with E-state index in [0.29, 0.717) is 10.1 Å². The van der Waals surface area contributed by atoms with Crippen LogP contribution in [0.25, 0.3) is 0 Å². The van der Waals surface area contributed by atoms with Crippen molar-refractivity contribution in [3.8, 4) is 11.5 Å². The van der Waals surface area contributed by atoms with Crippen LogP contribution in [0.2, 0.25) is 0 Å². The summed E-state index contributed by atoms with van der Waals surface area (Å²) < 4.78 is 41.5. The number of nitrogens with zero attached hydrogens (tertiary/aromatic N) is 3. The van der Waals surface area contributed by atoms with Crippen molar-refractivity contribution in [2.45, 2.75) is 17.3 Å². The Bertz CT molecular complexity index is 1040. The summed E-state index contributed by atoms with van der Waals surface area (Å²) in [5, 5.41) is 10.4. The highest BCUT2D eigenvalue weighted by atomic mass is 32.2. The number of aromatic nitrogens is 2. The minimum Gasteiger partial charge on any atom is -0.497 e. The Balaban J connectivity index is 2.25. The molecule has 0 fully saturated rings. The van der Waals surface area contributed by atoms with E-state index in [1.54, 1.807) is 12.1 Å². The molecule has 1 amide bonds. The van der Waals surface area contributed by atoms with E-state index in [1.807, 2.05) is 0 Å². The third-order valence-corrected chi connectivity index (χ3v) is 7.06. The van der Waals surface area contributed by atoms with Gasteiger partial charge in [-0.05, 0) is 19.1 Å². The van der Waals surface area contributed by atoms with Gasteiger partial charge in [-0.3, -0.25) is 19.2 Å². The fourth-order valence-electron chi connectivity index (χ4n) is 2.46. The number of nitrogens with one attached hydrogen (secondary N) is 1. The Labute approximate surface area is 188 Å². The predicted molar refractivity (Wildman–Crippen MR) is 118 cm³/mol. The van der Waals surface area contributed by atoms with Crippen molar-refractivity contribution in [1.82, 2.24) is 10.2 Å². The number of carbonyl (C=O) groups is 2. The number of thioether (sulfide) groups is 1. The SMILES string of the molecule is COC(=O)CSc1nnc(NC(=O)C(C)N(c2cc(OC)ccc2OC)S(C)(=O)=O)s1. The summed E-state index contributed by atoms with van der Waals surface area (Å²) in [7, 11) is 0.236. The van der Waals surface area contributed by atoms with Crippen LogP contribution < -0.4 is 19.1 Å². The van der Waals surface area contributed by atoms with Crippen LogP contribution >= 0.6 is 23.1 Å². The highest BCUT2D eigenvalue weighted by Crippen LogP contribution is 2.35. The van der Waals surface area contributed by atoms with Gasteiger partial charge in [0, 0.05) is 6.07 Å². The minimum atomic E-state index is -3.88. The van der Waals surface area contributed by atoms with Gasteiger partial charge in [-0.15, -0.1) is 10.2 Å². The summed E-state index contributed by atoms with van der Waals surface area (Å²) in [6.07, 6.45) is 0.988. The maximum atomic E-state index is 12.8. The number of amides is 1. The number of anilines is 2. The van der Waals surface area contributed by atoms with Crippen LogP contribution in [0.5, 0.6) is 11.5 Å². The molecule has 0 aliphatic heterocycles. The smallest absolute Gasteiger partial charge is 0.316 e. The number of esters is 1. The molecule has 1 N–H and O–H groups in total. The van der Waals surface area contributed by atoms with E-state index in [-0.39, 0.29) is 22.3 Å². The number of carbonyl (C=O) groups excluding carboxylic acids is 2. The monoisotopic (exact) mass is 490 g/mol. The third-order valence-electron chi connectivity index (χ3n) is 3.89. The normalized spacial score (nSPS) is 12.0. The molecule has 11 nitrogen and oxygen atoms in total. The second-order valence-corrected chi connectivity index (χ2v) is 10.1. The van der Waals surface area contributed by atoms with Crippen molar-refractivity contribution in [3.05, 3.63) is 18.2 Å². The second kappa shape index (κ2) is 10.6. The molecule has 1 unspecified atom stereocenters. The van der Waals surface area contributed by atoms with E-state index in [1.165, 1.54) is 34.3 Å². The summed E-state index contributed by atoms with van der Waals surface area (Å²) in [5.41, 5.74) is 0.151. The highest BCUT2D eigenvalue weighted by Gasteiger charge is 2.32. The quantitative estimate of drug-likeness (QED) is 0.297. The fraction of sp³-hybridized carbons (Fsp3) is 0.412. The Morgan fingerprint density at radius 3 is 2.52 bits per heavy atom. The van der Waals surface area contributed by atoms with Gasteiger partial charge in [0.05, 0.1) is 39.0 Å². The molecule has 0 aliphatic carbocycles. The lowest BCUT2D eigenvalue weighted by Gasteiger charge is -2.29. The van der Waals surface area contributed by atoms with Crippen LogP contribution in [-0.2, 0) is 24.3 Å². The molecule has 0 aliphatic rings. The van der Waals surface area contributed by atoms with Crippen LogP contribution in [0.3, 0.4) is 0 Å².